The Bertz CT molecular complexity index is 757. The lowest BCUT2D eigenvalue weighted by Crippen LogP contribution is -2.52. The smallest absolute Gasteiger partial charge is 0.255 e. The fourth-order valence-electron chi connectivity index (χ4n) is 4.58. The molecule has 1 amide bonds. The van der Waals surface area contributed by atoms with E-state index in [1.165, 1.54) is 32.0 Å². The van der Waals surface area contributed by atoms with Crippen LogP contribution in [0.2, 0.25) is 0 Å². The molecule has 3 heterocycles. The summed E-state index contributed by atoms with van der Waals surface area (Å²) in [6.07, 6.45) is 10.0. The van der Waals surface area contributed by atoms with Crippen LogP contribution < -0.4 is 0 Å². The first-order valence-corrected chi connectivity index (χ1v) is 10.5. The maximum atomic E-state index is 12.8. The van der Waals surface area contributed by atoms with Crippen LogP contribution in [0, 0.1) is 11.8 Å². The number of aromatic nitrogens is 4. The molecule has 7 heteroatoms. The number of rotatable bonds is 4. The third-order valence-corrected chi connectivity index (χ3v) is 6.45. The topological polar surface area (TPSA) is 67.2 Å². The Morgan fingerprint density at radius 1 is 1.07 bits per heavy atom. The van der Waals surface area contributed by atoms with Gasteiger partial charge in [0.05, 0.1) is 5.56 Å². The first kappa shape index (κ1) is 19.1. The zero-order valence-electron chi connectivity index (χ0n) is 16.9. The largest absolute Gasteiger partial charge is 0.336 e. The molecule has 0 aromatic carbocycles. The van der Waals surface area contributed by atoms with Crippen molar-refractivity contribution >= 4 is 5.91 Å². The van der Waals surface area contributed by atoms with Crippen molar-refractivity contribution in [1.29, 1.82) is 0 Å². The van der Waals surface area contributed by atoms with Gasteiger partial charge in [-0.15, -0.1) is 0 Å². The van der Waals surface area contributed by atoms with Gasteiger partial charge in [0.15, 0.2) is 5.82 Å². The number of amides is 1. The molecule has 1 aliphatic carbocycles. The zero-order chi connectivity index (χ0) is 19.5. The summed E-state index contributed by atoms with van der Waals surface area (Å²) in [4.78, 5) is 25.7. The fraction of sp³-hybridized carbons (Fsp3) is 0.619. The Morgan fingerprint density at radius 3 is 2.39 bits per heavy atom. The molecule has 0 bridgehead atoms. The molecule has 0 spiro atoms. The van der Waals surface area contributed by atoms with E-state index in [4.69, 9.17) is 0 Å². The molecule has 0 atom stereocenters. The zero-order valence-corrected chi connectivity index (χ0v) is 16.9. The maximum absolute atomic E-state index is 12.8. The van der Waals surface area contributed by atoms with E-state index in [2.05, 4.69) is 33.8 Å². The minimum absolute atomic E-state index is 0.0702. The average molecular weight is 383 g/mol. The molecule has 0 N–H and O–H groups in total. The normalized spacial score (nSPS) is 23.9. The van der Waals surface area contributed by atoms with E-state index in [0.717, 1.165) is 38.0 Å². The van der Waals surface area contributed by atoms with Crippen LogP contribution in [0.5, 0.6) is 0 Å². The number of pyridine rings is 1. The van der Waals surface area contributed by atoms with Crippen molar-refractivity contribution < 1.29 is 4.79 Å². The first-order valence-electron chi connectivity index (χ1n) is 10.5. The van der Waals surface area contributed by atoms with Gasteiger partial charge < -0.3 is 4.90 Å². The van der Waals surface area contributed by atoms with Crippen molar-refractivity contribution in [3.63, 3.8) is 0 Å². The van der Waals surface area contributed by atoms with Crippen LogP contribution >= 0.6 is 0 Å². The van der Waals surface area contributed by atoms with E-state index >= 15 is 0 Å². The summed E-state index contributed by atoms with van der Waals surface area (Å²) in [5.41, 5.74) is 0.634. The quantitative estimate of drug-likeness (QED) is 0.813. The fourth-order valence-corrected chi connectivity index (χ4v) is 4.58. The molecule has 1 aliphatic heterocycles. The van der Waals surface area contributed by atoms with Gasteiger partial charge in [-0.05, 0) is 49.7 Å². The van der Waals surface area contributed by atoms with Gasteiger partial charge >= 0.3 is 0 Å². The Kier molecular flexibility index (Phi) is 5.71. The molecule has 2 fully saturated rings. The summed E-state index contributed by atoms with van der Waals surface area (Å²) in [7, 11) is 0. The lowest BCUT2D eigenvalue weighted by atomic mass is 9.79. The number of carbonyl (C=O) groups is 1. The number of hydrogen-bond donors (Lipinski definition) is 0. The van der Waals surface area contributed by atoms with E-state index in [-0.39, 0.29) is 5.91 Å². The van der Waals surface area contributed by atoms with Gasteiger partial charge in [-0.3, -0.25) is 9.69 Å². The molecule has 4 rings (SSSR count). The van der Waals surface area contributed by atoms with Crippen LogP contribution in [0.1, 0.15) is 49.9 Å². The maximum Gasteiger partial charge on any atom is 0.255 e. The SMILES string of the molecule is CC(C)C1CCC(N2CCN(C(=O)c3ccc(-n4cncn4)nc3)CC2)CC1. The molecular weight excluding hydrogens is 352 g/mol. The Balaban J connectivity index is 1.29. The van der Waals surface area contributed by atoms with Crippen molar-refractivity contribution in [1.82, 2.24) is 29.5 Å². The molecule has 0 radical (unpaired) electrons. The Hall–Kier alpha value is -2.28. The molecule has 1 saturated carbocycles. The second-order valence-electron chi connectivity index (χ2n) is 8.39. The first-order chi connectivity index (χ1) is 13.6. The number of piperazine rings is 1. The van der Waals surface area contributed by atoms with Gasteiger partial charge in [-0.25, -0.2) is 14.6 Å². The van der Waals surface area contributed by atoms with E-state index < -0.39 is 0 Å². The third kappa shape index (κ3) is 4.09. The molecular formula is C21H30N6O. The highest BCUT2D eigenvalue weighted by atomic mass is 16.2. The van der Waals surface area contributed by atoms with Crippen molar-refractivity contribution in [2.45, 2.75) is 45.6 Å². The van der Waals surface area contributed by atoms with E-state index in [1.54, 1.807) is 17.2 Å². The second-order valence-corrected chi connectivity index (χ2v) is 8.39. The molecule has 7 nitrogen and oxygen atoms in total. The van der Waals surface area contributed by atoms with Gasteiger partial charge in [-0.1, -0.05) is 13.8 Å². The van der Waals surface area contributed by atoms with Gasteiger partial charge in [0.2, 0.25) is 0 Å². The van der Waals surface area contributed by atoms with Gasteiger partial charge in [0, 0.05) is 38.4 Å². The Labute approximate surface area is 166 Å². The van der Waals surface area contributed by atoms with Crippen molar-refractivity contribution in [3.8, 4) is 5.82 Å². The monoisotopic (exact) mass is 382 g/mol. The highest BCUT2D eigenvalue weighted by molar-refractivity contribution is 5.94. The summed E-state index contributed by atoms with van der Waals surface area (Å²) in [5, 5.41) is 4.06. The van der Waals surface area contributed by atoms with Crippen LogP contribution in [0.25, 0.3) is 5.82 Å². The van der Waals surface area contributed by atoms with E-state index in [1.807, 2.05) is 17.0 Å². The van der Waals surface area contributed by atoms with Crippen molar-refractivity contribution in [2.24, 2.45) is 11.8 Å². The summed E-state index contributed by atoms with van der Waals surface area (Å²) in [5.74, 6) is 2.43. The van der Waals surface area contributed by atoms with Crippen LogP contribution in [-0.4, -0.2) is 67.7 Å². The lowest BCUT2D eigenvalue weighted by Gasteiger charge is -2.42. The van der Waals surface area contributed by atoms with Crippen LogP contribution in [0.15, 0.2) is 31.0 Å². The van der Waals surface area contributed by atoms with Crippen LogP contribution in [-0.2, 0) is 0 Å². The average Bonchev–Trinajstić information content (AvgIpc) is 3.28. The molecule has 2 aliphatic rings. The number of hydrogen-bond acceptors (Lipinski definition) is 5. The molecule has 0 unspecified atom stereocenters. The predicted octanol–water partition coefficient (Wildman–Crippen LogP) is 2.63. The van der Waals surface area contributed by atoms with E-state index in [0.29, 0.717) is 17.4 Å². The molecule has 1 saturated heterocycles. The van der Waals surface area contributed by atoms with Gasteiger partial charge in [0.1, 0.15) is 12.7 Å². The van der Waals surface area contributed by atoms with Gasteiger partial charge in [-0.2, -0.15) is 5.10 Å². The summed E-state index contributed by atoms with van der Waals surface area (Å²) in [6, 6.07) is 4.34. The minimum Gasteiger partial charge on any atom is -0.336 e. The highest BCUT2D eigenvalue weighted by Crippen LogP contribution is 2.32. The highest BCUT2D eigenvalue weighted by Gasteiger charge is 2.30. The summed E-state index contributed by atoms with van der Waals surface area (Å²) in [6.45, 7) is 8.26. The molecule has 2 aromatic rings. The predicted molar refractivity (Wildman–Crippen MR) is 107 cm³/mol. The third-order valence-electron chi connectivity index (χ3n) is 6.45. The molecule has 2 aromatic heterocycles. The van der Waals surface area contributed by atoms with Crippen molar-refractivity contribution in [2.75, 3.05) is 26.2 Å². The summed E-state index contributed by atoms with van der Waals surface area (Å²) >= 11 is 0. The molecule has 28 heavy (non-hydrogen) atoms. The number of carbonyl (C=O) groups excluding carboxylic acids is 1. The molecule has 150 valence electrons. The van der Waals surface area contributed by atoms with Crippen LogP contribution in [0.3, 0.4) is 0 Å². The Morgan fingerprint density at radius 2 is 1.82 bits per heavy atom. The summed E-state index contributed by atoms with van der Waals surface area (Å²) < 4.78 is 1.58. The van der Waals surface area contributed by atoms with Gasteiger partial charge in [0.25, 0.3) is 5.91 Å². The second kappa shape index (κ2) is 8.39. The standard InChI is InChI=1S/C21H30N6O/c1-16(2)17-3-6-19(7-4-17)25-9-11-26(12-10-25)21(28)18-5-8-20(23-13-18)27-15-22-14-24-27/h5,8,13-17,19H,3-4,6-7,9-12H2,1-2H3. The van der Waals surface area contributed by atoms with Crippen molar-refractivity contribution in [3.05, 3.63) is 36.5 Å². The minimum atomic E-state index is 0.0702. The lowest BCUT2D eigenvalue weighted by molar-refractivity contribution is 0.0477. The number of nitrogens with zero attached hydrogens (tertiary/aromatic N) is 6. The van der Waals surface area contributed by atoms with Crippen LogP contribution in [0.4, 0.5) is 0 Å². The van der Waals surface area contributed by atoms with E-state index in [9.17, 15) is 4.79 Å².